The number of aromatic nitrogens is 10. The summed E-state index contributed by atoms with van der Waals surface area (Å²) in [6.45, 7) is 3.56. The number of hydrogen-bond acceptors (Lipinski definition) is 14. The summed E-state index contributed by atoms with van der Waals surface area (Å²) in [4.78, 5) is 32.5. The number of hydrogen-bond donors (Lipinski definition) is 4. The predicted octanol–water partition coefficient (Wildman–Crippen LogP) is 6.23. The van der Waals surface area contributed by atoms with Gasteiger partial charge >= 0.3 is 0 Å². The maximum atomic E-state index is 13.8. The molecule has 2 aromatic carbocycles. The molecule has 6 heterocycles. The third kappa shape index (κ3) is 7.52. The number of fused-ring (bicyclic) bond motifs is 2. The first kappa shape index (κ1) is 38.0. The Balaban J connectivity index is 0.000000177. The van der Waals surface area contributed by atoms with Gasteiger partial charge in [-0.15, -0.1) is 0 Å². The van der Waals surface area contributed by atoms with Gasteiger partial charge in [0.1, 0.15) is 94.1 Å². The van der Waals surface area contributed by atoms with Crippen molar-refractivity contribution in [2.45, 2.75) is 25.9 Å². The number of nitrogens with two attached hydrogens (primary N) is 2. The fourth-order valence-corrected chi connectivity index (χ4v) is 6.09. The molecule has 0 fully saturated rings. The monoisotopic (exact) mass is 784 g/mol. The molecule has 8 rings (SSSR count). The molecular formula is C38H28F4N16. The van der Waals surface area contributed by atoms with E-state index in [1.807, 2.05) is 12.1 Å². The SMILES string of the molecule is C[C@@H](Nc1ncnc(N)c1C#N)c1nc2cc(F)ccc2n1-c1cncc(F)c1.C[C@H](Nc1ncnc(N)c1C#N)c1nc2cc(F)ccc2n1-c1cncc(F)c1. The third-order valence-corrected chi connectivity index (χ3v) is 8.64. The highest BCUT2D eigenvalue weighted by molar-refractivity contribution is 5.80. The van der Waals surface area contributed by atoms with Crippen molar-refractivity contribution in [3.8, 4) is 23.5 Å². The smallest absolute Gasteiger partial charge is 0.150 e. The van der Waals surface area contributed by atoms with Gasteiger partial charge in [0.25, 0.3) is 0 Å². The molecule has 20 heteroatoms. The zero-order chi connectivity index (χ0) is 41.1. The highest BCUT2D eigenvalue weighted by atomic mass is 19.1. The van der Waals surface area contributed by atoms with Crippen LogP contribution in [0.15, 0.2) is 86.0 Å². The van der Waals surface area contributed by atoms with Crippen molar-refractivity contribution in [3.05, 3.63) is 132 Å². The van der Waals surface area contributed by atoms with E-state index in [0.717, 1.165) is 12.4 Å². The summed E-state index contributed by atoms with van der Waals surface area (Å²) in [5.41, 5.74) is 14.4. The normalized spacial score (nSPS) is 11.9. The second-order valence-corrected chi connectivity index (χ2v) is 12.5. The number of nitrogen functional groups attached to an aromatic ring is 2. The van der Waals surface area contributed by atoms with Crippen LogP contribution < -0.4 is 22.1 Å². The van der Waals surface area contributed by atoms with Gasteiger partial charge in [0.15, 0.2) is 0 Å². The molecule has 16 nitrogen and oxygen atoms in total. The van der Waals surface area contributed by atoms with Crippen LogP contribution in [0.25, 0.3) is 33.4 Å². The number of anilines is 4. The van der Waals surface area contributed by atoms with Crippen LogP contribution in [0, 0.1) is 45.9 Å². The van der Waals surface area contributed by atoms with E-state index in [0.29, 0.717) is 45.1 Å². The second kappa shape index (κ2) is 15.8. The molecule has 0 aliphatic heterocycles. The molecule has 2 atom stereocenters. The van der Waals surface area contributed by atoms with E-state index < -0.39 is 35.4 Å². The van der Waals surface area contributed by atoms with Crippen LogP contribution in [0.3, 0.4) is 0 Å². The maximum absolute atomic E-state index is 13.8. The zero-order valence-electron chi connectivity index (χ0n) is 30.3. The van der Waals surface area contributed by atoms with Crippen LogP contribution in [0.5, 0.6) is 0 Å². The molecule has 0 saturated heterocycles. The molecule has 0 saturated carbocycles. The van der Waals surface area contributed by atoms with Crippen molar-refractivity contribution in [1.82, 2.24) is 49.0 Å². The van der Waals surface area contributed by atoms with Crippen molar-refractivity contribution in [3.63, 3.8) is 0 Å². The van der Waals surface area contributed by atoms with Gasteiger partial charge in [0, 0.05) is 24.3 Å². The minimum absolute atomic E-state index is 0.0436. The lowest BCUT2D eigenvalue weighted by Gasteiger charge is -2.17. The van der Waals surface area contributed by atoms with Crippen molar-refractivity contribution in [2.75, 3.05) is 22.1 Å². The standard InChI is InChI=1S/2C19H14F2N8/c2*1-10(27-18-14(6-22)17(23)25-9-26-18)19-28-15-5-11(20)2-3-16(15)29(19)13-4-12(21)7-24-8-13/h2*2-5,7-10H,1H3,(H3,23,25,26,27)/t2*10-/m10/s1. The van der Waals surface area contributed by atoms with Gasteiger partial charge in [-0.1, -0.05) is 0 Å². The van der Waals surface area contributed by atoms with Crippen molar-refractivity contribution < 1.29 is 17.6 Å². The number of rotatable bonds is 8. The number of imidazole rings is 2. The molecule has 0 aliphatic rings. The number of pyridine rings is 2. The van der Waals surface area contributed by atoms with E-state index in [1.165, 1.54) is 61.4 Å². The van der Waals surface area contributed by atoms with Crippen LogP contribution in [0.4, 0.5) is 40.8 Å². The minimum Gasteiger partial charge on any atom is -0.382 e. The summed E-state index contributed by atoms with van der Waals surface area (Å²) in [5, 5.41) is 24.8. The summed E-state index contributed by atoms with van der Waals surface area (Å²) in [5.74, 6) is -0.488. The van der Waals surface area contributed by atoms with E-state index >= 15 is 0 Å². The van der Waals surface area contributed by atoms with E-state index in [1.54, 1.807) is 35.1 Å². The van der Waals surface area contributed by atoms with Gasteiger partial charge in [-0.2, -0.15) is 10.5 Å². The van der Waals surface area contributed by atoms with Crippen molar-refractivity contribution in [1.29, 1.82) is 10.5 Å². The summed E-state index contributed by atoms with van der Waals surface area (Å²) in [6, 6.07) is 13.8. The van der Waals surface area contributed by atoms with E-state index in [9.17, 15) is 28.1 Å². The van der Waals surface area contributed by atoms with Gasteiger partial charge in [-0.25, -0.2) is 47.5 Å². The minimum atomic E-state index is -0.520. The zero-order valence-corrected chi connectivity index (χ0v) is 30.3. The van der Waals surface area contributed by atoms with Gasteiger partial charge in [-0.3, -0.25) is 19.1 Å². The number of nitrogens with one attached hydrogen (secondary N) is 2. The van der Waals surface area contributed by atoms with Crippen molar-refractivity contribution in [2.24, 2.45) is 0 Å². The highest BCUT2D eigenvalue weighted by Crippen LogP contribution is 2.31. The molecule has 0 radical (unpaired) electrons. The molecule has 6 N–H and O–H groups in total. The molecule has 0 amide bonds. The predicted molar refractivity (Wildman–Crippen MR) is 204 cm³/mol. The van der Waals surface area contributed by atoms with E-state index in [4.69, 9.17) is 11.5 Å². The van der Waals surface area contributed by atoms with Crippen LogP contribution >= 0.6 is 0 Å². The summed E-state index contributed by atoms with van der Waals surface area (Å²) in [6.07, 6.45) is 7.61. The summed E-state index contributed by atoms with van der Waals surface area (Å²) < 4.78 is 58.4. The quantitative estimate of drug-likeness (QED) is 0.125. The Labute approximate surface area is 325 Å². The molecule has 0 bridgehead atoms. The van der Waals surface area contributed by atoms with Crippen LogP contribution in [0.2, 0.25) is 0 Å². The molecule has 288 valence electrons. The summed E-state index contributed by atoms with van der Waals surface area (Å²) >= 11 is 0. The average Bonchev–Trinajstić information content (AvgIpc) is 3.77. The Morgan fingerprint density at radius 2 is 1.00 bits per heavy atom. The fraction of sp³-hybridized carbons (Fsp3) is 0.105. The van der Waals surface area contributed by atoms with E-state index in [2.05, 4.69) is 50.5 Å². The number of nitriles is 2. The van der Waals surface area contributed by atoms with Crippen LogP contribution in [-0.4, -0.2) is 49.0 Å². The van der Waals surface area contributed by atoms with Crippen molar-refractivity contribution >= 4 is 45.3 Å². The van der Waals surface area contributed by atoms with Gasteiger partial charge in [0.05, 0.1) is 70.3 Å². The largest absolute Gasteiger partial charge is 0.382 e. The fourth-order valence-electron chi connectivity index (χ4n) is 6.09. The lowest BCUT2D eigenvalue weighted by molar-refractivity contribution is 0.618. The average molecular weight is 785 g/mol. The molecule has 6 aromatic heterocycles. The topological polar surface area (TPSA) is 237 Å². The van der Waals surface area contributed by atoms with Gasteiger partial charge < -0.3 is 22.1 Å². The highest BCUT2D eigenvalue weighted by Gasteiger charge is 2.23. The number of nitrogens with zero attached hydrogens (tertiary/aromatic N) is 12. The molecule has 0 unspecified atom stereocenters. The Hall–Kier alpha value is -8.26. The Morgan fingerprint density at radius 1 is 0.586 bits per heavy atom. The molecule has 0 spiro atoms. The first-order chi connectivity index (χ1) is 27.9. The van der Waals surface area contributed by atoms with E-state index in [-0.39, 0.29) is 34.4 Å². The first-order valence-electron chi connectivity index (χ1n) is 17.1. The third-order valence-electron chi connectivity index (χ3n) is 8.64. The van der Waals surface area contributed by atoms with Gasteiger partial charge in [-0.05, 0) is 38.1 Å². The second-order valence-electron chi connectivity index (χ2n) is 12.5. The van der Waals surface area contributed by atoms with Crippen LogP contribution in [-0.2, 0) is 0 Å². The Morgan fingerprint density at radius 3 is 1.38 bits per heavy atom. The molecule has 58 heavy (non-hydrogen) atoms. The molecule has 8 aromatic rings. The Bertz CT molecular complexity index is 2720. The molecule has 0 aliphatic carbocycles. The van der Waals surface area contributed by atoms with Crippen LogP contribution in [0.1, 0.15) is 48.7 Å². The maximum Gasteiger partial charge on any atom is 0.150 e. The number of halogens is 4. The number of benzene rings is 2. The molecular weight excluding hydrogens is 757 g/mol. The first-order valence-corrected chi connectivity index (χ1v) is 17.1. The summed E-state index contributed by atoms with van der Waals surface area (Å²) in [7, 11) is 0. The lowest BCUT2D eigenvalue weighted by atomic mass is 10.2. The lowest BCUT2D eigenvalue weighted by Crippen LogP contribution is -2.15. The van der Waals surface area contributed by atoms with Gasteiger partial charge in [0.2, 0.25) is 0 Å². The Kier molecular flexibility index (Phi) is 10.4.